The zero-order chi connectivity index (χ0) is 18.4. The highest BCUT2D eigenvalue weighted by atomic mass is 16.1. The van der Waals surface area contributed by atoms with E-state index in [4.69, 9.17) is 11.4 Å². The SMILES string of the molecule is N=NCC1CC=C(/C(=C/C2=CCNC=C2)N(N)c2ccccc2)C(=O)C1. The van der Waals surface area contributed by atoms with E-state index in [1.54, 1.807) is 5.01 Å². The van der Waals surface area contributed by atoms with E-state index >= 15 is 0 Å². The van der Waals surface area contributed by atoms with Crippen LogP contribution in [0.15, 0.2) is 82.8 Å². The summed E-state index contributed by atoms with van der Waals surface area (Å²) in [6.45, 7) is 1.13. The van der Waals surface area contributed by atoms with Crippen LogP contribution in [0, 0.1) is 11.4 Å². The summed E-state index contributed by atoms with van der Waals surface area (Å²) in [5.41, 5.74) is 10.1. The second-order valence-corrected chi connectivity index (χ2v) is 6.37. The number of ketones is 1. The summed E-state index contributed by atoms with van der Waals surface area (Å²) in [4.78, 5) is 12.8. The van der Waals surface area contributed by atoms with E-state index < -0.39 is 0 Å². The zero-order valence-electron chi connectivity index (χ0n) is 14.6. The van der Waals surface area contributed by atoms with Crippen molar-refractivity contribution in [3.05, 3.63) is 77.7 Å². The molecule has 1 aromatic rings. The van der Waals surface area contributed by atoms with E-state index in [1.165, 1.54) is 0 Å². The van der Waals surface area contributed by atoms with Crippen molar-refractivity contribution in [3.63, 3.8) is 0 Å². The third-order valence-corrected chi connectivity index (χ3v) is 4.50. The van der Waals surface area contributed by atoms with E-state index in [0.29, 0.717) is 24.2 Å². The van der Waals surface area contributed by atoms with Crippen molar-refractivity contribution in [1.29, 1.82) is 5.53 Å². The van der Waals surface area contributed by atoms with Crippen LogP contribution in [-0.4, -0.2) is 18.9 Å². The molecule has 0 saturated heterocycles. The standard InChI is InChI=1S/C20H23N5O/c21-24-14-16-6-7-18(20(26)13-16)19(12-15-8-10-23-11-9-15)25(22)17-4-2-1-3-5-17/h1-5,7-10,12,16,21,23H,6,11,13-14,22H2/b19-12-,24-21?. The van der Waals surface area contributed by atoms with Gasteiger partial charge in [-0.15, -0.1) is 0 Å². The molecule has 134 valence electrons. The van der Waals surface area contributed by atoms with E-state index in [-0.39, 0.29) is 11.7 Å². The molecule has 0 amide bonds. The first-order valence-corrected chi connectivity index (χ1v) is 8.67. The molecule has 0 fully saturated rings. The Morgan fingerprint density at radius 1 is 1.35 bits per heavy atom. The van der Waals surface area contributed by atoms with Crippen LogP contribution in [0.3, 0.4) is 0 Å². The summed E-state index contributed by atoms with van der Waals surface area (Å²) in [6, 6.07) is 9.59. The Morgan fingerprint density at radius 2 is 2.15 bits per heavy atom. The number of benzene rings is 1. The van der Waals surface area contributed by atoms with Gasteiger partial charge in [0.15, 0.2) is 5.78 Å². The van der Waals surface area contributed by atoms with Gasteiger partial charge in [-0.25, -0.2) is 11.4 Å². The zero-order valence-corrected chi connectivity index (χ0v) is 14.6. The fraction of sp³-hybridized carbons (Fsp3) is 0.250. The molecule has 26 heavy (non-hydrogen) atoms. The number of dihydropyridines is 1. The largest absolute Gasteiger partial charge is 0.387 e. The van der Waals surface area contributed by atoms with E-state index in [2.05, 4.69) is 16.5 Å². The number of hydrogen-bond donors (Lipinski definition) is 3. The molecule has 2 aliphatic rings. The third-order valence-electron chi connectivity index (χ3n) is 4.50. The van der Waals surface area contributed by atoms with Gasteiger partial charge in [0, 0.05) is 18.5 Å². The molecule has 0 spiro atoms. The van der Waals surface area contributed by atoms with Gasteiger partial charge in [0.05, 0.1) is 17.9 Å². The molecule has 0 bridgehead atoms. The normalized spacial score (nSPS) is 20.1. The predicted molar refractivity (Wildman–Crippen MR) is 102 cm³/mol. The maximum atomic E-state index is 12.8. The number of anilines is 1. The molecular formula is C20H23N5O. The number of carbonyl (C=O) groups is 1. The van der Waals surface area contributed by atoms with Crippen LogP contribution in [0.5, 0.6) is 0 Å². The minimum atomic E-state index is 0.0426. The second-order valence-electron chi connectivity index (χ2n) is 6.37. The topological polar surface area (TPSA) is 94.6 Å². The number of rotatable bonds is 6. The maximum Gasteiger partial charge on any atom is 0.165 e. The molecule has 1 aromatic carbocycles. The summed E-state index contributed by atoms with van der Waals surface area (Å²) in [5.74, 6) is 6.54. The van der Waals surface area contributed by atoms with Crippen LogP contribution in [0.1, 0.15) is 12.8 Å². The molecule has 1 aliphatic carbocycles. The molecule has 1 heterocycles. The molecule has 0 radical (unpaired) electrons. The first-order valence-electron chi connectivity index (χ1n) is 8.67. The van der Waals surface area contributed by atoms with E-state index in [9.17, 15) is 4.79 Å². The number of carbonyl (C=O) groups excluding carboxylic acids is 1. The Bertz CT molecular complexity index is 792. The number of hydrogen-bond acceptors (Lipinski definition) is 6. The van der Waals surface area contributed by atoms with Gasteiger partial charge in [0.2, 0.25) is 0 Å². The highest BCUT2D eigenvalue weighted by Crippen LogP contribution is 2.29. The van der Waals surface area contributed by atoms with Gasteiger partial charge in [0.25, 0.3) is 0 Å². The van der Waals surface area contributed by atoms with Crippen molar-refractivity contribution in [1.82, 2.24) is 5.32 Å². The lowest BCUT2D eigenvalue weighted by molar-refractivity contribution is -0.116. The lowest BCUT2D eigenvalue weighted by atomic mass is 9.86. The molecule has 6 nitrogen and oxygen atoms in total. The minimum Gasteiger partial charge on any atom is -0.387 e. The van der Waals surface area contributed by atoms with Crippen LogP contribution in [0.2, 0.25) is 0 Å². The quantitative estimate of drug-likeness (QED) is 0.417. The van der Waals surface area contributed by atoms with Gasteiger partial charge in [-0.3, -0.25) is 9.80 Å². The Morgan fingerprint density at radius 3 is 2.81 bits per heavy atom. The van der Waals surface area contributed by atoms with Crippen molar-refractivity contribution in [2.24, 2.45) is 16.9 Å². The van der Waals surface area contributed by atoms with Crippen LogP contribution in [0.25, 0.3) is 0 Å². The fourth-order valence-electron chi connectivity index (χ4n) is 3.11. The smallest absolute Gasteiger partial charge is 0.165 e. The van der Waals surface area contributed by atoms with Crippen molar-refractivity contribution in [2.75, 3.05) is 18.1 Å². The Hall–Kier alpha value is -2.99. The highest BCUT2D eigenvalue weighted by molar-refractivity contribution is 6.01. The predicted octanol–water partition coefficient (Wildman–Crippen LogP) is 3.23. The molecule has 0 saturated carbocycles. The minimum absolute atomic E-state index is 0.0426. The fourth-order valence-corrected chi connectivity index (χ4v) is 3.11. The van der Waals surface area contributed by atoms with E-state index in [1.807, 2.05) is 54.8 Å². The van der Waals surface area contributed by atoms with E-state index in [0.717, 1.165) is 24.2 Å². The monoisotopic (exact) mass is 349 g/mol. The van der Waals surface area contributed by atoms with Gasteiger partial charge in [0.1, 0.15) is 0 Å². The summed E-state index contributed by atoms with van der Waals surface area (Å²) in [7, 11) is 0. The Balaban J connectivity index is 1.97. The Labute approximate surface area is 153 Å². The number of nitrogens with zero attached hydrogens (tertiary/aromatic N) is 2. The van der Waals surface area contributed by atoms with Crippen molar-refractivity contribution < 1.29 is 4.79 Å². The summed E-state index contributed by atoms with van der Waals surface area (Å²) >= 11 is 0. The van der Waals surface area contributed by atoms with Crippen LogP contribution < -0.4 is 16.2 Å². The molecule has 1 aliphatic heterocycles. The highest BCUT2D eigenvalue weighted by Gasteiger charge is 2.26. The molecule has 4 N–H and O–H groups in total. The van der Waals surface area contributed by atoms with Crippen molar-refractivity contribution in [3.8, 4) is 0 Å². The molecular weight excluding hydrogens is 326 g/mol. The molecule has 1 atom stereocenters. The average Bonchev–Trinajstić information content (AvgIpc) is 2.68. The number of allylic oxidation sites excluding steroid dienone is 5. The van der Waals surface area contributed by atoms with Crippen molar-refractivity contribution in [2.45, 2.75) is 12.8 Å². The van der Waals surface area contributed by atoms with Gasteiger partial charge < -0.3 is 5.32 Å². The maximum absolute atomic E-state index is 12.8. The van der Waals surface area contributed by atoms with Gasteiger partial charge >= 0.3 is 0 Å². The van der Waals surface area contributed by atoms with Crippen LogP contribution >= 0.6 is 0 Å². The summed E-state index contributed by atoms with van der Waals surface area (Å²) in [6.07, 6.45) is 10.9. The van der Waals surface area contributed by atoms with Crippen LogP contribution in [0.4, 0.5) is 5.69 Å². The molecule has 1 unspecified atom stereocenters. The molecule has 6 heteroatoms. The lowest BCUT2D eigenvalue weighted by Crippen LogP contribution is -2.34. The Kier molecular flexibility index (Phi) is 5.76. The first-order chi connectivity index (χ1) is 12.7. The number of nitrogens with two attached hydrogens (primary N) is 1. The lowest BCUT2D eigenvalue weighted by Gasteiger charge is -2.27. The number of hydrazine groups is 1. The molecule has 3 rings (SSSR count). The summed E-state index contributed by atoms with van der Waals surface area (Å²) < 4.78 is 0. The van der Waals surface area contributed by atoms with Gasteiger partial charge in [-0.1, -0.05) is 30.4 Å². The first kappa shape index (κ1) is 17.8. The number of nitrogens with one attached hydrogen (secondary N) is 2. The van der Waals surface area contributed by atoms with Gasteiger partial charge in [-0.05, 0) is 48.4 Å². The molecule has 0 aromatic heterocycles. The van der Waals surface area contributed by atoms with Gasteiger partial charge in [-0.2, -0.15) is 5.11 Å². The van der Waals surface area contributed by atoms with Crippen LogP contribution in [-0.2, 0) is 4.79 Å². The summed E-state index contributed by atoms with van der Waals surface area (Å²) in [5, 5.41) is 8.11. The van der Waals surface area contributed by atoms with Crippen molar-refractivity contribution >= 4 is 11.5 Å². The number of para-hydroxylation sites is 1. The number of Topliss-reactive ketones (excluding diaryl/α,β-unsaturated/α-hetero) is 1. The third kappa shape index (κ3) is 4.15. The second kappa shape index (κ2) is 8.40. The average molecular weight is 349 g/mol.